The van der Waals surface area contributed by atoms with E-state index in [2.05, 4.69) is 29.6 Å². The molecule has 0 aliphatic heterocycles. The number of benzene rings is 3. The first-order chi connectivity index (χ1) is 13.7. The van der Waals surface area contributed by atoms with Gasteiger partial charge in [-0.25, -0.2) is 4.79 Å². The third-order valence-electron chi connectivity index (χ3n) is 4.84. The van der Waals surface area contributed by atoms with E-state index in [4.69, 9.17) is 9.47 Å². The Balaban J connectivity index is 1.30. The highest BCUT2D eigenvalue weighted by atomic mass is 16.5. The summed E-state index contributed by atoms with van der Waals surface area (Å²) in [5.74, 6) is 0.496. The van der Waals surface area contributed by atoms with Gasteiger partial charge in [-0.05, 0) is 34.4 Å². The molecular weight excluding hydrogens is 354 g/mol. The minimum absolute atomic E-state index is 0.0377. The molecule has 1 aliphatic carbocycles. The van der Waals surface area contributed by atoms with Crippen molar-refractivity contribution >= 4 is 6.09 Å². The molecule has 0 saturated carbocycles. The quantitative estimate of drug-likeness (QED) is 0.630. The third kappa shape index (κ3) is 3.64. The van der Waals surface area contributed by atoms with Crippen LogP contribution in [0.25, 0.3) is 11.1 Å². The van der Waals surface area contributed by atoms with Crippen LogP contribution in [-0.4, -0.2) is 31.0 Å². The van der Waals surface area contributed by atoms with Gasteiger partial charge < -0.3 is 19.9 Å². The van der Waals surface area contributed by atoms with Crippen LogP contribution in [0, 0.1) is 0 Å². The first-order valence-corrected chi connectivity index (χ1v) is 9.23. The van der Waals surface area contributed by atoms with Crippen molar-refractivity contribution in [2.45, 2.75) is 5.92 Å². The molecule has 0 fully saturated rings. The van der Waals surface area contributed by atoms with Crippen LogP contribution in [0.2, 0.25) is 0 Å². The number of nitrogens with one attached hydrogen (secondary N) is 1. The molecule has 0 spiro atoms. The van der Waals surface area contributed by atoms with E-state index in [1.165, 1.54) is 22.3 Å². The predicted molar refractivity (Wildman–Crippen MR) is 107 cm³/mol. The Morgan fingerprint density at radius 2 is 1.50 bits per heavy atom. The van der Waals surface area contributed by atoms with Crippen LogP contribution >= 0.6 is 0 Å². The third-order valence-corrected chi connectivity index (χ3v) is 4.84. The van der Waals surface area contributed by atoms with Gasteiger partial charge in [0.25, 0.3) is 0 Å². The number of carbonyl (C=O) groups excluding carboxylic acids is 1. The zero-order chi connectivity index (χ0) is 19.3. The van der Waals surface area contributed by atoms with Crippen molar-refractivity contribution in [3.05, 3.63) is 83.9 Å². The fourth-order valence-electron chi connectivity index (χ4n) is 3.54. The van der Waals surface area contributed by atoms with Gasteiger partial charge in [0.05, 0.1) is 6.54 Å². The molecule has 0 radical (unpaired) electrons. The lowest BCUT2D eigenvalue weighted by Crippen LogP contribution is -2.29. The Kier molecular flexibility index (Phi) is 5.15. The van der Waals surface area contributed by atoms with Gasteiger partial charge in [-0.15, -0.1) is 0 Å². The van der Waals surface area contributed by atoms with E-state index in [-0.39, 0.29) is 31.4 Å². The molecule has 142 valence electrons. The average Bonchev–Trinajstić information content (AvgIpc) is 3.05. The highest BCUT2D eigenvalue weighted by Gasteiger charge is 2.28. The molecule has 3 aromatic carbocycles. The normalized spacial score (nSPS) is 12.1. The maximum atomic E-state index is 12.1. The van der Waals surface area contributed by atoms with Crippen LogP contribution in [-0.2, 0) is 4.74 Å². The van der Waals surface area contributed by atoms with Gasteiger partial charge in [0.2, 0.25) is 0 Å². The van der Waals surface area contributed by atoms with Gasteiger partial charge >= 0.3 is 6.09 Å². The first-order valence-electron chi connectivity index (χ1n) is 9.23. The fourth-order valence-corrected chi connectivity index (χ4v) is 3.54. The molecule has 1 aliphatic rings. The number of carbonyl (C=O) groups is 1. The number of phenolic OH excluding ortho intramolecular Hbond substituents is 1. The number of phenols is 1. The largest absolute Gasteiger partial charge is 0.504 e. The first kappa shape index (κ1) is 17.9. The monoisotopic (exact) mass is 375 g/mol. The van der Waals surface area contributed by atoms with Gasteiger partial charge in [-0.1, -0.05) is 60.7 Å². The summed E-state index contributed by atoms with van der Waals surface area (Å²) in [7, 11) is 0. The Morgan fingerprint density at radius 1 is 0.893 bits per heavy atom. The highest BCUT2D eigenvalue weighted by molar-refractivity contribution is 5.79. The molecule has 2 N–H and O–H groups in total. The summed E-state index contributed by atoms with van der Waals surface area (Å²) in [5, 5.41) is 12.3. The molecule has 0 bridgehead atoms. The van der Waals surface area contributed by atoms with E-state index in [1.54, 1.807) is 24.3 Å². The van der Waals surface area contributed by atoms with Crippen molar-refractivity contribution < 1.29 is 19.4 Å². The molecule has 1 amide bonds. The lowest BCUT2D eigenvalue weighted by Gasteiger charge is -2.14. The number of hydrogen-bond donors (Lipinski definition) is 2. The lowest BCUT2D eigenvalue weighted by molar-refractivity contribution is 0.141. The molecule has 4 rings (SSSR count). The number of ether oxygens (including phenoxy) is 2. The van der Waals surface area contributed by atoms with Crippen molar-refractivity contribution in [3.63, 3.8) is 0 Å². The zero-order valence-electron chi connectivity index (χ0n) is 15.3. The van der Waals surface area contributed by atoms with Crippen LogP contribution in [0.5, 0.6) is 11.5 Å². The minimum Gasteiger partial charge on any atom is -0.504 e. The van der Waals surface area contributed by atoms with Crippen LogP contribution in [0.3, 0.4) is 0 Å². The average molecular weight is 375 g/mol. The highest BCUT2D eigenvalue weighted by Crippen LogP contribution is 2.44. The molecule has 28 heavy (non-hydrogen) atoms. The summed E-state index contributed by atoms with van der Waals surface area (Å²) in [4.78, 5) is 12.1. The number of rotatable bonds is 6. The number of alkyl carbamates (subject to hydrolysis) is 1. The Morgan fingerprint density at radius 3 is 2.18 bits per heavy atom. The van der Waals surface area contributed by atoms with Crippen LogP contribution in [0.1, 0.15) is 17.0 Å². The van der Waals surface area contributed by atoms with E-state index in [1.807, 2.05) is 24.3 Å². The Bertz CT molecular complexity index is 940. The maximum absolute atomic E-state index is 12.1. The number of hydrogen-bond acceptors (Lipinski definition) is 4. The van der Waals surface area contributed by atoms with Crippen LogP contribution < -0.4 is 10.1 Å². The maximum Gasteiger partial charge on any atom is 0.407 e. The smallest absolute Gasteiger partial charge is 0.407 e. The van der Waals surface area contributed by atoms with E-state index in [9.17, 15) is 9.90 Å². The lowest BCUT2D eigenvalue weighted by atomic mass is 9.98. The van der Waals surface area contributed by atoms with Crippen LogP contribution in [0.15, 0.2) is 72.8 Å². The van der Waals surface area contributed by atoms with Crippen molar-refractivity contribution in [2.75, 3.05) is 19.8 Å². The molecule has 0 aromatic heterocycles. The molecule has 3 aromatic rings. The van der Waals surface area contributed by atoms with E-state index in [0.29, 0.717) is 5.75 Å². The van der Waals surface area contributed by atoms with Crippen molar-refractivity contribution in [1.29, 1.82) is 0 Å². The second-order valence-corrected chi connectivity index (χ2v) is 6.57. The summed E-state index contributed by atoms with van der Waals surface area (Å²) >= 11 is 0. The molecule has 0 atom stereocenters. The topological polar surface area (TPSA) is 67.8 Å². The second kappa shape index (κ2) is 8.05. The Labute approximate surface area is 163 Å². The summed E-state index contributed by atoms with van der Waals surface area (Å²) in [5.41, 5.74) is 4.75. The number of para-hydroxylation sites is 2. The summed E-state index contributed by atoms with van der Waals surface area (Å²) in [6.07, 6.45) is -0.484. The Hall–Kier alpha value is -3.47. The summed E-state index contributed by atoms with van der Waals surface area (Å²) < 4.78 is 10.9. The molecule has 5 heteroatoms. The minimum atomic E-state index is -0.484. The van der Waals surface area contributed by atoms with E-state index >= 15 is 0 Å². The van der Waals surface area contributed by atoms with Gasteiger partial charge in [0, 0.05) is 5.92 Å². The van der Waals surface area contributed by atoms with Crippen LogP contribution in [0.4, 0.5) is 4.79 Å². The van der Waals surface area contributed by atoms with Crippen molar-refractivity contribution in [2.24, 2.45) is 0 Å². The zero-order valence-corrected chi connectivity index (χ0v) is 15.3. The molecule has 0 unspecified atom stereocenters. The molecular formula is C23H21NO4. The van der Waals surface area contributed by atoms with E-state index in [0.717, 1.165) is 0 Å². The van der Waals surface area contributed by atoms with Gasteiger partial charge in [-0.2, -0.15) is 0 Å². The number of fused-ring (bicyclic) bond motifs is 3. The second-order valence-electron chi connectivity index (χ2n) is 6.57. The van der Waals surface area contributed by atoms with E-state index < -0.39 is 6.09 Å². The van der Waals surface area contributed by atoms with Gasteiger partial charge in [0.15, 0.2) is 11.5 Å². The summed E-state index contributed by atoms with van der Waals surface area (Å²) in [6, 6.07) is 23.1. The van der Waals surface area contributed by atoms with Crippen molar-refractivity contribution in [1.82, 2.24) is 5.32 Å². The van der Waals surface area contributed by atoms with Gasteiger partial charge in [0.1, 0.15) is 13.2 Å². The number of amides is 1. The molecule has 5 nitrogen and oxygen atoms in total. The molecule has 0 saturated heterocycles. The molecule has 0 heterocycles. The summed E-state index contributed by atoms with van der Waals surface area (Å²) in [6.45, 7) is 0.799. The SMILES string of the molecule is O=C(NCCOc1ccccc1O)OCC1c2ccccc2-c2ccccc21. The predicted octanol–water partition coefficient (Wildman–Crippen LogP) is 4.31. The number of aromatic hydroxyl groups is 1. The van der Waals surface area contributed by atoms with Crippen molar-refractivity contribution in [3.8, 4) is 22.6 Å². The van der Waals surface area contributed by atoms with Gasteiger partial charge in [-0.3, -0.25) is 0 Å². The standard InChI is InChI=1S/C23H21NO4/c25-21-11-5-6-12-22(21)27-14-13-24-23(26)28-15-20-18-9-3-1-7-16(18)17-8-2-4-10-19(17)20/h1-12,20,25H,13-15H2,(H,24,26). The fraction of sp³-hybridized carbons (Fsp3) is 0.174.